The van der Waals surface area contributed by atoms with Gasteiger partial charge in [0.15, 0.2) is 11.9 Å². The Hall–Kier alpha value is -1.42. The number of aliphatic hydroxyl groups excluding tert-OH is 1. The minimum absolute atomic E-state index is 0.0239. The maximum absolute atomic E-state index is 12.7. The fourth-order valence-corrected chi connectivity index (χ4v) is 3.77. The van der Waals surface area contributed by atoms with Crippen molar-refractivity contribution in [3.05, 3.63) is 23.8 Å². The van der Waals surface area contributed by atoms with Gasteiger partial charge in [0, 0.05) is 11.5 Å². The van der Waals surface area contributed by atoms with E-state index in [0.29, 0.717) is 19.3 Å². The second-order valence-electron chi connectivity index (χ2n) is 7.63. The maximum atomic E-state index is 12.7. The third-order valence-corrected chi connectivity index (χ3v) is 5.28. The van der Waals surface area contributed by atoms with E-state index in [1.807, 2.05) is 13.8 Å². The first kappa shape index (κ1) is 17.9. The van der Waals surface area contributed by atoms with Gasteiger partial charge in [-0.15, -0.1) is 0 Å². The molecular weight excluding hydrogens is 292 g/mol. The van der Waals surface area contributed by atoms with E-state index in [4.69, 9.17) is 4.74 Å². The van der Waals surface area contributed by atoms with Gasteiger partial charge >= 0.3 is 5.97 Å². The molecule has 0 radical (unpaired) electrons. The minimum Gasteiger partial charge on any atom is -0.451 e. The summed E-state index contributed by atoms with van der Waals surface area (Å²) in [5.74, 6) is -0.201. The predicted octanol–water partition coefficient (Wildman–Crippen LogP) is 3.34. The highest BCUT2D eigenvalue weighted by Crippen LogP contribution is 2.42. The monoisotopic (exact) mass is 320 g/mol. The number of Topliss-reactive ketones (excluding diaryl/α,β-unsaturated/α-hetero) is 1. The van der Waals surface area contributed by atoms with Crippen molar-refractivity contribution in [1.29, 1.82) is 0 Å². The molecular formula is C19H28O4. The molecule has 1 N–H and O–H groups in total. The number of esters is 1. The number of hydrogen-bond donors (Lipinski definition) is 1. The van der Waals surface area contributed by atoms with E-state index in [1.54, 1.807) is 6.92 Å². The van der Waals surface area contributed by atoms with Gasteiger partial charge in [-0.05, 0) is 51.4 Å². The van der Waals surface area contributed by atoms with Crippen LogP contribution in [0.5, 0.6) is 0 Å². The van der Waals surface area contributed by atoms with Crippen LogP contribution in [0.4, 0.5) is 0 Å². The van der Waals surface area contributed by atoms with E-state index in [-0.39, 0.29) is 11.7 Å². The largest absolute Gasteiger partial charge is 0.451 e. The molecule has 4 nitrogen and oxygen atoms in total. The van der Waals surface area contributed by atoms with Crippen LogP contribution in [0, 0.1) is 11.3 Å². The summed E-state index contributed by atoms with van der Waals surface area (Å²) in [6.07, 6.45) is 4.35. The first-order valence-corrected chi connectivity index (χ1v) is 8.47. The molecule has 0 aromatic heterocycles. The fraction of sp³-hybridized carbons (Fsp3) is 0.684. The molecule has 3 atom stereocenters. The van der Waals surface area contributed by atoms with Crippen molar-refractivity contribution < 1.29 is 19.4 Å². The van der Waals surface area contributed by atoms with Crippen LogP contribution in [0.3, 0.4) is 0 Å². The van der Waals surface area contributed by atoms with Gasteiger partial charge in [-0.25, -0.2) is 4.79 Å². The molecule has 4 heteroatoms. The lowest BCUT2D eigenvalue weighted by Crippen LogP contribution is -2.46. The van der Waals surface area contributed by atoms with Gasteiger partial charge in [0.25, 0.3) is 0 Å². The van der Waals surface area contributed by atoms with Crippen molar-refractivity contribution in [3.63, 3.8) is 0 Å². The lowest BCUT2D eigenvalue weighted by atomic mass is 9.65. The number of hydrogen-bond acceptors (Lipinski definition) is 4. The molecule has 2 bridgehead atoms. The molecule has 1 fully saturated rings. The summed E-state index contributed by atoms with van der Waals surface area (Å²) in [4.78, 5) is 24.7. The second kappa shape index (κ2) is 7.00. The number of fused-ring (bicyclic) bond motifs is 10. The quantitative estimate of drug-likeness (QED) is 0.549. The molecule has 128 valence electrons. The van der Waals surface area contributed by atoms with Gasteiger partial charge in [-0.3, -0.25) is 4.79 Å². The smallest absolute Gasteiger partial charge is 0.331 e. The Morgan fingerprint density at radius 3 is 2.61 bits per heavy atom. The first-order valence-electron chi connectivity index (χ1n) is 8.47. The average Bonchev–Trinajstić information content (AvgIpc) is 2.41. The SMILES string of the molecule is C=C1CC[C@@H]2CC[C@H](OC(=O)/C=C(/C)C[C@@H](O)C1)C(=O)C2(C)C. The number of rotatable bonds is 0. The van der Waals surface area contributed by atoms with E-state index < -0.39 is 23.6 Å². The van der Waals surface area contributed by atoms with Crippen molar-refractivity contribution >= 4 is 11.8 Å². The van der Waals surface area contributed by atoms with Crippen LogP contribution in [-0.2, 0) is 14.3 Å². The highest BCUT2D eigenvalue weighted by Gasteiger charge is 2.45. The lowest BCUT2D eigenvalue weighted by molar-refractivity contribution is -0.160. The highest BCUT2D eigenvalue weighted by molar-refractivity contribution is 5.92. The van der Waals surface area contributed by atoms with Crippen molar-refractivity contribution in [2.75, 3.05) is 0 Å². The van der Waals surface area contributed by atoms with Crippen LogP contribution < -0.4 is 0 Å². The van der Waals surface area contributed by atoms with Gasteiger partial charge < -0.3 is 9.84 Å². The third kappa shape index (κ3) is 4.31. The Labute approximate surface area is 138 Å². The highest BCUT2D eigenvalue weighted by atomic mass is 16.5. The Balaban J connectivity index is 2.26. The lowest BCUT2D eigenvalue weighted by Gasteiger charge is -2.40. The minimum atomic E-state index is -0.645. The Kier molecular flexibility index (Phi) is 5.45. The van der Waals surface area contributed by atoms with Crippen molar-refractivity contribution in [2.45, 2.75) is 71.5 Å². The molecule has 0 unspecified atom stereocenters. The molecule has 0 spiro atoms. The van der Waals surface area contributed by atoms with E-state index in [2.05, 4.69) is 6.58 Å². The zero-order valence-corrected chi connectivity index (χ0v) is 14.4. The summed E-state index contributed by atoms with van der Waals surface area (Å²) in [6, 6.07) is 0. The summed E-state index contributed by atoms with van der Waals surface area (Å²) in [7, 11) is 0. The number of ketones is 1. The van der Waals surface area contributed by atoms with Gasteiger partial charge in [-0.1, -0.05) is 31.6 Å². The van der Waals surface area contributed by atoms with Gasteiger partial charge in [0.05, 0.1) is 6.10 Å². The van der Waals surface area contributed by atoms with Gasteiger partial charge in [-0.2, -0.15) is 0 Å². The Morgan fingerprint density at radius 2 is 1.91 bits per heavy atom. The van der Waals surface area contributed by atoms with Crippen molar-refractivity contribution in [3.8, 4) is 0 Å². The van der Waals surface area contributed by atoms with E-state index in [1.165, 1.54) is 6.08 Å². The molecule has 0 aromatic rings. The summed E-state index contributed by atoms with van der Waals surface area (Å²) < 4.78 is 5.39. The second-order valence-corrected chi connectivity index (χ2v) is 7.63. The zero-order chi connectivity index (χ0) is 17.2. The number of ether oxygens (including phenoxy) is 1. The van der Waals surface area contributed by atoms with Crippen molar-refractivity contribution in [1.82, 2.24) is 0 Å². The standard InChI is InChI=1S/C19H28O4/c1-12-5-6-14-7-8-16(18(22)19(14,3)4)23-17(21)11-13(2)10-15(20)9-12/h11,14-16,20H,1,5-10H2,2-4H3/b13-11-/t14-,15+,16+/m1/s1. The third-order valence-electron chi connectivity index (χ3n) is 5.28. The Bertz CT molecular complexity index is 529. The summed E-state index contributed by atoms with van der Waals surface area (Å²) in [5, 5.41) is 10.1. The van der Waals surface area contributed by atoms with E-state index in [0.717, 1.165) is 30.4 Å². The van der Waals surface area contributed by atoms with Gasteiger partial charge in [0.1, 0.15) is 0 Å². The van der Waals surface area contributed by atoms with Crippen LogP contribution in [0.25, 0.3) is 0 Å². The van der Waals surface area contributed by atoms with Crippen LogP contribution >= 0.6 is 0 Å². The molecule has 0 aromatic carbocycles. The normalized spacial score (nSPS) is 35.2. The molecule has 3 rings (SSSR count). The Morgan fingerprint density at radius 1 is 1.22 bits per heavy atom. The molecule has 0 amide bonds. The molecule has 23 heavy (non-hydrogen) atoms. The maximum Gasteiger partial charge on any atom is 0.331 e. The summed E-state index contributed by atoms with van der Waals surface area (Å²) in [5.41, 5.74) is 1.27. The average molecular weight is 320 g/mol. The zero-order valence-electron chi connectivity index (χ0n) is 14.4. The molecule has 2 heterocycles. The van der Waals surface area contributed by atoms with Crippen LogP contribution in [-0.4, -0.2) is 29.1 Å². The summed E-state index contributed by atoms with van der Waals surface area (Å²) >= 11 is 0. The number of carbonyl (C=O) groups is 2. The first-order chi connectivity index (χ1) is 10.7. The molecule has 0 saturated heterocycles. The predicted molar refractivity (Wildman–Crippen MR) is 88.8 cm³/mol. The number of carbonyl (C=O) groups excluding carboxylic acids is 2. The van der Waals surface area contributed by atoms with Crippen molar-refractivity contribution in [2.24, 2.45) is 11.3 Å². The van der Waals surface area contributed by atoms with Crippen LogP contribution in [0.15, 0.2) is 23.8 Å². The van der Waals surface area contributed by atoms with Crippen LogP contribution in [0.2, 0.25) is 0 Å². The molecule has 3 aliphatic rings. The van der Waals surface area contributed by atoms with E-state index >= 15 is 0 Å². The summed E-state index contributed by atoms with van der Waals surface area (Å²) in [6.45, 7) is 9.76. The van der Waals surface area contributed by atoms with E-state index in [9.17, 15) is 14.7 Å². The molecule has 1 aliphatic carbocycles. The molecule has 2 aliphatic heterocycles. The van der Waals surface area contributed by atoms with Crippen LogP contribution in [0.1, 0.15) is 59.3 Å². The molecule has 1 saturated carbocycles. The fourth-order valence-electron chi connectivity index (χ4n) is 3.77. The number of aliphatic hydroxyl groups is 1. The topological polar surface area (TPSA) is 63.6 Å². The van der Waals surface area contributed by atoms with Gasteiger partial charge in [0.2, 0.25) is 0 Å².